The number of carbonyl (C=O) groups excluding carboxylic acids is 1. The fourth-order valence-corrected chi connectivity index (χ4v) is 4.69. The average molecular weight is 414 g/mol. The van der Waals surface area contributed by atoms with Gasteiger partial charge >= 0.3 is 0 Å². The van der Waals surface area contributed by atoms with Crippen LogP contribution >= 0.6 is 11.3 Å². The Hall–Kier alpha value is -2.97. The third kappa shape index (κ3) is 4.47. The second kappa shape index (κ2) is 8.37. The Morgan fingerprint density at radius 2 is 1.64 bits per heavy atom. The molecule has 2 N–H and O–H groups in total. The monoisotopic (exact) mass is 413 g/mol. The predicted molar refractivity (Wildman–Crippen MR) is 112 cm³/mol. The van der Waals surface area contributed by atoms with E-state index in [0.29, 0.717) is 5.71 Å². The fraction of sp³-hybridized carbons (Fsp3) is 0.100. The fourth-order valence-electron chi connectivity index (χ4n) is 2.62. The van der Waals surface area contributed by atoms with E-state index in [1.165, 1.54) is 12.1 Å². The Labute approximate surface area is 168 Å². The molecule has 3 aromatic rings. The maximum Gasteiger partial charge on any atom is 0.273 e. The van der Waals surface area contributed by atoms with Crippen LogP contribution in [0.3, 0.4) is 0 Å². The molecule has 1 amide bonds. The van der Waals surface area contributed by atoms with E-state index in [1.54, 1.807) is 36.6 Å². The number of hydrazone groups is 1. The first-order valence-corrected chi connectivity index (χ1v) is 10.8. The molecule has 6 nitrogen and oxygen atoms in total. The minimum Gasteiger partial charge on any atom is -0.278 e. The van der Waals surface area contributed by atoms with Gasteiger partial charge in [-0.25, -0.2) is 13.8 Å². The number of sulfonamides is 1. The van der Waals surface area contributed by atoms with Gasteiger partial charge in [-0.15, -0.1) is 11.3 Å². The van der Waals surface area contributed by atoms with Gasteiger partial charge in [0.15, 0.2) is 0 Å². The van der Waals surface area contributed by atoms with Crippen LogP contribution in [0.15, 0.2) is 75.4 Å². The Morgan fingerprint density at radius 1 is 0.964 bits per heavy atom. The van der Waals surface area contributed by atoms with Crippen molar-refractivity contribution >= 4 is 38.7 Å². The second-order valence-electron chi connectivity index (χ2n) is 6.04. The molecule has 2 aromatic carbocycles. The van der Waals surface area contributed by atoms with E-state index in [0.717, 1.165) is 22.5 Å². The number of hydrogen-bond acceptors (Lipinski definition) is 5. The first kappa shape index (κ1) is 19.8. The third-order valence-corrected chi connectivity index (χ3v) is 6.80. The van der Waals surface area contributed by atoms with Crippen LogP contribution in [0.25, 0.3) is 0 Å². The van der Waals surface area contributed by atoms with Crippen molar-refractivity contribution in [1.29, 1.82) is 0 Å². The molecule has 0 unspecified atom stereocenters. The van der Waals surface area contributed by atoms with Crippen molar-refractivity contribution < 1.29 is 13.2 Å². The van der Waals surface area contributed by atoms with Crippen molar-refractivity contribution in [3.05, 3.63) is 82.7 Å². The Bertz CT molecular complexity index is 1120. The largest absolute Gasteiger partial charge is 0.278 e. The van der Waals surface area contributed by atoms with E-state index in [2.05, 4.69) is 15.2 Å². The Balaban J connectivity index is 1.82. The van der Waals surface area contributed by atoms with Gasteiger partial charge in [-0.2, -0.15) is 5.10 Å². The lowest BCUT2D eigenvalue weighted by atomic mass is 10.1. The van der Waals surface area contributed by atoms with Gasteiger partial charge in [0, 0.05) is 5.56 Å². The first-order valence-electron chi connectivity index (χ1n) is 8.44. The van der Waals surface area contributed by atoms with Crippen molar-refractivity contribution in [1.82, 2.24) is 5.43 Å². The molecule has 0 aliphatic heterocycles. The maximum atomic E-state index is 12.6. The first-order chi connectivity index (χ1) is 13.4. The standard InChI is InChI=1S/C20H19N3O3S2/c1-14-8-3-4-9-16(14)15(2)21-22-20(24)17-10-5-6-11-18(17)23-28(25,26)19-12-7-13-27-19/h3-13,23H,1-2H3,(H,22,24)/b21-15-. The smallest absolute Gasteiger partial charge is 0.273 e. The summed E-state index contributed by atoms with van der Waals surface area (Å²) in [5.74, 6) is -0.502. The van der Waals surface area contributed by atoms with Crippen LogP contribution in [0.1, 0.15) is 28.4 Å². The number of anilines is 1. The van der Waals surface area contributed by atoms with Crippen molar-refractivity contribution in [3.8, 4) is 0 Å². The van der Waals surface area contributed by atoms with Gasteiger partial charge in [0.2, 0.25) is 0 Å². The molecule has 0 fully saturated rings. The lowest BCUT2D eigenvalue weighted by Gasteiger charge is -2.11. The summed E-state index contributed by atoms with van der Waals surface area (Å²) in [5.41, 5.74) is 5.50. The molecule has 0 atom stereocenters. The van der Waals surface area contributed by atoms with E-state index >= 15 is 0 Å². The maximum absolute atomic E-state index is 12.6. The zero-order valence-electron chi connectivity index (χ0n) is 15.3. The molecule has 0 radical (unpaired) electrons. The van der Waals surface area contributed by atoms with E-state index in [-0.39, 0.29) is 15.5 Å². The molecule has 0 saturated heterocycles. The summed E-state index contributed by atoms with van der Waals surface area (Å²) in [6, 6.07) is 17.3. The number of nitrogens with one attached hydrogen (secondary N) is 2. The van der Waals surface area contributed by atoms with Gasteiger partial charge in [-0.3, -0.25) is 9.52 Å². The van der Waals surface area contributed by atoms with E-state index in [4.69, 9.17) is 0 Å². The molecular formula is C20H19N3O3S2. The predicted octanol–water partition coefficient (Wildman–Crippen LogP) is 4.01. The number of para-hydroxylation sites is 1. The molecule has 0 spiro atoms. The molecule has 0 bridgehead atoms. The number of hydrogen-bond donors (Lipinski definition) is 2. The summed E-state index contributed by atoms with van der Waals surface area (Å²) in [6.07, 6.45) is 0. The summed E-state index contributed by atoms with van der Waals surface area (Å²) in [6.45, 7) is 3.76. The normalized spacial score (nSPS) is 11.9. The highest BCUT2D eigenvalue weighted by Crippen LogP contribution is 2.22. The van der Waals surface area contributed by atoms with Crippen LogP contribution < -0.4 is 10.1 Å². The Kier molecular flexibility index (Phi) is 5.91. The highest BCUT2D eigenvalue weighted by molar-refractivity contribution is 7.94. The molecule has 3 rings (SSSR count). The number of carbonyl (C=O) groups is 1. The molecule has 1 aromatic heterocycles. The van der Waals surface area contributed by atoms with Gasteiger partial charge in [0.05, 0.1) is 17.0 Å². The van der Waals surface area contributed by atoms with Crippen molar-refractivity contribution in [3.63, 3.8) is 0 Å². The minimum absolute atomic E-state index is 0.177. The summed E-state index contributed by atoms with van der Waals surface area (Å²) >= 11 is 1.10. The van der Waals surface area contributed by atoms with Crippen LogP contribution in [0.4, 0.5) is 5.69 Å². The average Bonchev–Trinajstić information content (AvgIpc) is 3.22. The summed E-state index contributed by atoms with van der Waals surface area (Å²) < 4.78 is 27.6. The summed E-state index contributed by atoms with van der Waals surface area (Å²) in [5, 5.41) is 5.84. The second-order valence-corrected chi connectivity index (χ2v) is 8.89. The quantitative estimate of drug-likeness (QED) is 0.473. The topological polar surface area (TPSA) is 87.6 Å². The lowest BCUT2D eigenvalue weighted by Crippen LogP contribution is -2.22. The molecule has 0 saturated carbocycles. The van der Waals surface area contributed by atoms with E-state index in [1.807, 2.05) is 31.2 Å². The van der Waals surface area contributed by atoms with Crippen molar-refractivity contribution in [2.45, 2.75) is 18.1 Å². The molecule has 0 aliphatic carbocycles. The minimum atomic E-state index is -3.75. The summed E-state index contributed by atoms with van der Waals surface area (Å²) in [4.78, 5) is 12.6. The SMILES string of the molecule is C/C(=N/NC(=O)c1ccccc1NS(=O)(=O)c1cccs1)c1ccccc1C. The molecule has 28 heavy (non-hydrogen) atoms. The van der Waals surface area contributed by atoms with Crippen LogP contribution in [-0.4, -0.2) is 20.0 Å². The lowest BCUT2D eigenvalue weighted by molar-refractivity contribution is 0.0955. The van der Waals surface area contributed by atoms with Crippen LogP contribution in [-0.2, 0) is 10.0 Å². The molecule has 144 valence electrons. The van der Waals surface area contributed by atoms with Gasteiger partial charge in [0.25, 0.3) is 15.9 Å². The van der Waals surface area contributed by atoms with Crippen LogP contribution in [0, 0.1) is 6.92 Å². The van der Waals surface area contributed by atoms with Crippen molar-refractivity contribution in [2.75, 3.05) is 4.72 Å². The van der Waals surface area contributed by atoms with E-state index in [9.17, 15) is 13.2 Å². The zero-order chi connectivity index (χ0) is 20.1. The number of benzene rings is 2. The van der Waals surface area contributed by atoms with Crippen LogP contribution in [0.5, 0.6) is 0 Å². The highest BCUT2D eigenvalue weighted by atomic mass is 32.2. The molecular weight excluding hydrogens is 394 g/mol. The number of aryl methyl sites for hydroxylation is 1. The number of nitrogens with zero attached hydrogens (tertiary/aromatic N) is 1. The Morgan fingerprint density at radius 3 is 2.32 bits per heavy atom. The van der Waals surface area contributed by atoms with Gasteiger partial charge in [-0.05, 0) is 43.0 Å². The zero-order valence-corrected chi connectivity index (χ0v) is 17.0. The van der Waals surface area contributed by atoms with E-state index < -0.39 is 15.9 Å². The molecule has 0 aliphatic rings. The van der Waals surface area contributed by atoms with Crippen LogP contribution in [0.2, 0.25) is 0 Å². The number of rotatable bonds is 6. The van der Waals surface area contributed by atoms with Gasteiger partial charge in [-0.1, -0.05) is 42.5 Å². The highest BCUT2D eigenvalue weighted by Gasteiger charge is 2.19. The van der Waals surface area contributed by atoms with Crippen molar-refractivity contribution in [2.24, 2.45) is 5.10 Å². The van der Waals surface area contributed by atoms with Gasteiger partial charge < -0.3 is 0 Å². The molecule has 1 heterocycles. The summed E-state index contributed by atoms with van der Waals surface area (Å²) in [7, 11) is -3.75. The van der Waals surface area contributed by atoms with Gasteiger partial charge in [0.1, 0.15) is 4.21 Å². The number of thiophene rings is 1. The third-order valence-electron chi connectivity index (χ3n) is 4.04. The molecule has 8 heteroatoms. The number of amides is 1.